The Balaban J connectivity index is 1.79. The zero-order valence-electron chi connectivity index (χ0n) is 13.4. The molecule has 8 nitrogen and oxygen atoms in total. The van der Waals surface area contributed by atoms with Gasteiger partial charge in [-0.1, -0.05) is 6.07 Å². The second-order valence-electron chi connectivity index (χ2n) is 5.34. The van der Waals surface area contributed by atoms with Crippen LogP contribution in [0.2, 0.25) is 0 Å². The molecule has 4 aromatic rings. The van der Waals surface area contributed by atoms with E-state index in [1.807, 2.05) is 0 Å². The third kappa shape index (κ3) is 3.34. The summed E-state index contributed by atoms with van der Waals surface area (Å²) in [5.74, 6) is 0.217. The van der Waals surface area contributed by atoms with Crippen LogP contribution in [0, 0.1) is 0 Å². The molecule has 0 unspecified atom stereocenters. The molecule has 0 spiro atoms. The van der Waals surface area contributed by atoms with Gasteiger partial charge >= 0.3 is 6.36 Å². The minimum Gasteiger partial charge on any atom is -0.406 e. The summed E-state index contributed by atoms with van der Waals surface area (Å²) in [4.78, 5) is 16.4. The van der Waals surface area contributed by atoms with Gasteiger partial charge in [-0.25, -0.2) is 9.97 Å². The maximum atomic E-state index is 12.4. The molecule has 2 N–H and O–H groups in total. The molecule has 3 heterocycles. The van der Waals surface area contributed by atoms with Crippen molar-refractivity contribution in [2.75, 3.05) is 5.73 Å². The van der Waals surface area contributed by atoms with Crippen molar-refractivity contribution in [3.8, 4) is 23.1 Å². The number of ether oxygens (including phenoxy) is 1. The molecule has 0 amide bonds. The zero-order valence-corrected chi connectivity index (χ0v) is 13.4. The Bertz CT molecular complexity index is 1110. The van der Waals surface area contributed by atoms with Crippen molar-refractivity contribution in [2.24, 2.45) is 0 Å². The third-order valence-corrected chi connectivity index (χ3v) is 3.55. The molecule has 0 bridgehead atoms. The molecule has 4 rings (SSSR count). The normalized spacial score (nSPS) is 11.7. The molecule has 0 saturated carbocycles. The SMILES string of the molecule is Nc1nc(-c2ccccn2)nn1-c1ncnc2cc(OC(F)(F)F)ccc12. The van der Waals surface area contributed by atoms with Gasteiger partial charge in [-0.3, -0.25) is 4.98 Å². The lowest BCUT2D eigenvalue weighted by Crippen LogP contribution is -2.17. The molecule has 136 valence electrons. The summed E-state index contributed by atoms with van der Waals surface area (Å²) in [7, 11) is 0. The fourth-order valence-corrected chi connectivity index (χ4v) is 2.47. The molecule has 0 aliphatic rings. The zero-order chi connectivity index (χ0) is 19.0. The minimum atomic E-state index is -4.79. The van der Waals surface area contributed by atoms with E-state index in [2.05, 4.69) is 29.8 Å². The number of halogens is 3. The van der Waals surface area contributed by atoms with Gasteiger partial charge in [0.25, 0.3) is 0 Å². The molecule has 0 atom stereocenters. The lowest BCUT2D eigenvalue weighted by atomic mass is 10.2. The number of fused-ring (bicyclic) bond motifs is 1. The van der Waals surface area contributed by atoms with Crippen LogP contribution in [0.5, 0.6) is 5.75 Å². The molecule has 3 aromatic heterocycles. The fourth-order valence-electron chi connectivity index (χ4n) is 2.47. The Labute approximate surface area is 149 Å². The van der Waals surface area contributed by atoms with Crippen molar-refractivity contribution >= 4 is 16.9 Å². The van der Waals surface area contributed by atoms with Gasteiger partial charge in [-0.2, -0.15) is 9.67 Å². The van der Waals surface area contributed by atoms with E-state index in [0.29, 0.717) is 11.1 Å². The average molecular weight is 373 g/mol. The summed E-state index contributed by atoms with van der Waals surface area (Å²) >= 11 is 0. The molecule has 0 saturated heterocycles. The first-order valence-electron chi connectivity index (χ1n) is 7.55. The van der Waals surface area contributed by atoms with Crippen LogP contribution in [0.3, 0.4) is 0 Å². The average Bonchev–Trinajstić information content (AvgIpc) is 3.02. The number of benzene rings is 1. The van der Waals surface area contributed by atoms with Crippen molar-refractivity contribution in [1.29, 1.82) is 0 Å². The van der Waals surface area contributed by atoms with Gasteiger partial charge in [0.2, 0.25) is 11.8 Å². The standard InChI is InChI=1S/C16H10F3N7O/c17-16(18,19)27-9-4-5-10-12(7-9)22-8-23-14(10)26-15(20)24-13(25-26)11-3-1-2-6-21-11/h1-8H,(H2,20,24,25). The van der Waals surface area contributed by atoms with Crippen molar-refractivity contribution in [1.82, 2.24) is 29.7 Å². The maximum Gasteiger partial charge on any atom is 0.573 e. The summed E-state index contributed by atoms with van der Waals surface area (Å²) in [6, 6.07) is 8.96. The highest BCUT2D eigenvalue weighted by atomic mass is 19.4. The van der Waals surface area contributed by atoms with Crippen molar-refractivity contribution in [3.05, 3.63) is 48.9 Å². The lowest BCUT2D eigenvalue weighted by Gasteiger charge is -2.10. The Hall–Kier alpha value is -3.76. The summed E-state index contributed by atoms with van der Waals surface area (Å²) in [5.41, 5.74) is 6.69. The topological polar surface area (TPSA) is 105 Å². The van der Waals surface area contributed by atoms with E-state index >= 15 is 0 Å². The molecular weight excluding hydrogens is 363 g/mol. The number of hydrogen-bond acceptors (Lipinski definition) is 7. The van der Waals surface area contributed by atoms with E-state index < -0.39 is 6.36 Å². The van der Waals surface area contributed by atoms with E-state index in [1.54, 1.807) is 24.4 Å². The number of anilines is 1. The van der Waals surface area contributed by atoms with Crippen LogP contribution in [0.15, 0.2) is 48.9 Å². The van der Waals surface area contributed by atoms with Gasteiger partial charge in [0, 0.05) is 17.6 Å². The number of aromatic nitrogens is 6. The first-order chi connectivity index (χ1) is 12.9. The van der Waals surface area contributed by atoms with E-state index in [-0.39, 0.29) is 28.9 Å². The Kier molecular flexibility index (Phi) is 3.83. The van der Waals surface area contributed by atoms with Gasteiger partial charge < -0.3 is 10.5 Å². The van der Waals surface area contributed by atoms with Crippen LogP contribution in [0.4, 0.5) is 19.1 Å². The smallest absolute Gasteiger partial charge is 0.406 e. The lowest BCUT2D eigenvalue weighted by molar-refractivity contribution is -0.274. The van der Waals surface area contributed by atoms with Crippen LogP contribution in [-0.2, 0) is 0 Å². The number of rotatable bonds is 3. The number of alkyl halides is 3. The van der Waals surface area contributed by atoms with Gasteiger partial charge in [0.1, 0.15) is 17.8 Å². The van der Waals surface area contributed by atoms with E-state index in [1.165, 1.54) is 17.1 Å². The summed E-state index contributed by atoms with van der Waals surface area (Å²) in [6.07, 6.45) is -2.01. The molecule has 0 aliphatic carbocycles. The number of pyridine rings is 1. The van der Waals surface area contributed by atoms with Crippen LogP contribution in [0.1, 0.15) is 0 Å². The van der Waals surface area contributed by atoms with Crippen molar-refractivity contribution in [3.63, 3.8) is 0 Å². The Morgan fingerprint density at radius 2 is 1.89 bits per heavy atom. The van der Waals surface area contributed by atoms with Gasteiger partial charge in [-0.05, 0) is 24.3 Å². The molecule has 0 radical (unpaired) electrons. The molecule has 11 heteroatoms. The fraction of sp³-hybridized carbons (Fsp3) is 0.0625. The number of nitrogens with two attached hydrogens (primary N) is 1. The van der Waals surface area contributed by atoms with Crippen LogP contribution >= 0.6 is 0 Å². The van der Waals surface area contributed by atoms with Crippen LogP contribution in [-0.4, -0.2) is 36.1 Å². The predicted octanol–water partition coefficient (Wildman–Crippen LogP) is 2.75. The summed E-state index contributed by atoms with van der Waals surface area (Å²) in [5, 5.41) is 4.73. The number of nitrogen functional groups attached to an aromatic ring is 1. The molecular formula is C16H10F3N7O. The number of hydrogen-bond donors (Lipinski definition) is 1. The molecule has 0 aliphatic heterocycles. The highest BCUT2D eigenvalue weighted by Gasteiger charge is 2.31. The summed E-state index contributed by atoms with van der Waals surface area (Å²) < 4.78 is 42.4. The van der Waals surface area contributed by atoms with E-state index in [9.17, 15) is 13.2 Å². The van der Waals surface area contributed by atoms with Crippen molar-refractivity contribution < 1.29 is 17.9 Å². The quantitative estimate of drug-likeness (QED) is 0.589. The van der Waals surface area contributed by atoms with Gasteiger partial charge in [-0.15, -0.1) is 18.3 Å². The van der Waals surface area contributed by atoms with Crippen molar-refractivity contribution in [2.45, 2.75) is 6.36 Å². The minimum absolute atomic E-state index is 0.0475. The Morgan fingerprint density at radius 3 is 2.63 bits per heavy atom. The Morgan fingerprint density at radius 1 is 1.04 bits per heavy atom. The highest BCUT2D eigenvalue weighted by molar-refractivity contribution is 5.86. The third-order valence-electron chi connectivity index (χ3n) is 3.55. The second-order valence-corrected chi connectivity index (χ2v) is 5.34. The van der Waals surface area contributed by atoms with Crippen LogP contribution < -0.4 is 10.5 Å². The first-order valence-corrected chi connectivity index (χ1v) is 7.55. The predicted molar refractivity (Wildman–Crippen MR) is 88.8 cm³/mol. The monoisotopic (exact) mass is 373 g/mol. The van der Waals surface area contributed by atoms with E-state index in [4.69, 9.17) is 5.73 Å². The second kappa shape index (κ2) is 6.20. The summed E-state index contributed by atoms with van der Waals surface area (Å²) in [6.45, 7) is 0. The first kappa shape index (κ1) is 16.7. The molecule has 1 aromatic carbocycles. The van der Waals surface area contributed by atoms with Gasteiger partial charge in [0.05, 0.1) is 5.52 Å². The van der Waals surface area contributed by atoms with E-state index in [0.717, 1.165) is 12.1 Å². The number of nitrogens with zero attached hydrogens (tertiary/aromatic N) is 6. The molecule has 27 heavy (non-hydrogen) atoms. The largest absolute Gasteiger partial charge is 0.573 e. The highest BCUT2D eigenvalue weighted by Crippen LogP contribution is 2.28. The maximum absolute atomic E-state index is 12.4. The van der Waals surface area contributed by atoms with Gasteiger partial charge in [0.15, 0.2) is 5.82 Å². The molecule has 0 fully saturated rings. The van der Waals surface area contributed by atoms with Crippen LogP contribution in [0.25, 0.3) is 28.2 Å².